The van der Waals surface area contributed by atoms with Crippen LogP contribution in [-0.2, 0) is 4.79 Å². The molecule has 1 aromatic rings. The summed E-state index contributed by atoms with van der Waals surface area (Å²) >= 11 is 3.03. The van der Waals surface area contributed by atoms with E-state index in [2.05, 4.69) is 41.6 Å². The van der Waals surface area contributed by atoms with E-state index in [0.717, 1.165) is 33.8 Å². The van der Waals surface area contributed by atoms with Gasteiger partial charge in [-0.2, -0.15) is 0 Å². The average molecular weight is 409 g/mol. The Labute approximate surface area is 170 Å². The molecular formula is C20H32N4OS2. The number of nitrogens with one attached hydrogen (secondary N) is 2. The lowest BCUT2D eigenvalue weighted by atomic mass is 9.48. The van der Waals surface area contributed by atoms with E-state index in [-0.39, 0.29) is 11.9 Å². The standard InChI is InChI=1S/C20H32N4OS2/c1-12(2)10-21-18-23-24-19(27-18)26-11-17(25)22-13(3)20-7-14-4-15(8-20)6-16(5-14)9-20/h12-16H,4-11H2,1-3H3,(H,21,23)(H,22,25)/t13-,14?,15?,16?,20?/m1/s1. The molecule has 0 radical (unpaired) electrons. The molecular weight excluding hydrogens is 376 g/mol. The Bertz CT molecular complexity index is 639. The van der Waals surface area contributed by atoms with Crippen molar-refractivity contribution in [3.05, 3.63) is 0 Å². The van der Waals surface area contributed by atoms with Gasteiger partial charge in [-0.15, -0.1) is 10.2 Å². The molecule has 1 atom stereocenters. The van der Waals surface area contributed by atoms with E-state index in [1.54, 1.807) is 0 Å². The van der Waals surface area contributed by atoms with E-state index >= 15 is 0 Å². The van der Waals surface area contributed by atoms with Crippen LogP contribution in [0.2, 0.25) is 0 Å². The molecule has 0 spiro atoms. The topological polar surface area (TPSA) is 66.9 Å². The summed E-state index contributed by atoms with van der Waals surface area (Å²) < 4.78 is 0.860. The number of nitrogens with zero attached hydrogens (tertiary/aromatic N) is 2. The number of thioether (sulfide) groups is 1. The third-order valence-corrected chi connectivity index (χ3v) is 8.79. The van der Waals surface area contributed by atoms with Crippen molar-refractivity contribution in [2.24, 2.45) is 29.1 Å². The number of anilines is 1. The molecule has 7 heteroatoms. The Hall–Kier alpha value is -0.820. The summed E-state index contributed by atoms with van der Waals surface area (Å²) in [6.45, 7) is 7.47. The van der Waals surface area contributed by atoms with Crippen molar-refractivity contribution >= 4 is 34.1 Å². The fraction of sp³-hybridized carbons (Fsp3) is 0.850. The third-order valence-electron chi connectivity index (χ3n) is 6.78. The number of hydrogen-bond acceptors (Lipinski definition) is 6. The van der Waals surface area contributed by atoms with Crippen LogP contribution in [0.1, 0.15) is 59.3 Å². The molecule has 1 aromatic heterocycles. The molecule has 27 heavy (non-hydrogen) atoms. The van der Waals surface area contributed by atoms with Gasteiger partial charge in [-0.1, -0.05) is 36.9 Å². The molecule has 4 saturated carbocycles. The summed E-state index contributed by atoms with van der Waals surface area (Å²) in [6.07, 6.45) is 8.32. The average Bonchev–Trinajstić information content (AvgIpc) is 3.05. The fourth-order valence-electron chi connectivity index (χ4n) is 5.90. The first-order valence-electron chi connectivity index (χ1n) is 10.4. The van der Waals surface area contributed by atoms with Crippen LogP contribution in [0.25, 0.3) is 0 Å². The van der Waals surface area contributed by atoms with Gasteiger partial charge in [-0.05, 0) is 74.5 Å². The summed E-state index contributed by atoms with van der Waals surface area (Å²) in [6, 6.07) is 0.289. The van der Waals surface area contributed by atoms with Crippen LogP contribution in [0.15, 0.2) is 4.34 Å². The molecule has 0 aromatic carbocycles. The van der Waals surface area contributed by atoms with Crippen LogP contribution in [0.4, 0.5) is 5.13 Å². The largest absolute Gasteiger partial charge is 0.360 e. The van der Waals surface area contributed by atoms with Crippen LogP contribution in [-0.4, -0.2) is 34.4 Å². The molecule has 4 aliphatic rings. The van der Waals surface area contributed by atoms with E-state index in [1.165, 1.54) is 61.6 Å². The van der Waals surface area contributed by atoms with E-state index < -0.39 is 0 Å². The van der Waals surface area contributed by atoms with Gasteiger partial charge in [0.25, 0.3) is 0 Å². The predicted octanol–water partition coefficient (Wildman–Crippen LogP) is 4.42. The molecule has 5 nitrogen and oxygen atoms in total. The van der Waals surface area contributed by atoms with Gasteiger partial charge in [-0.25, -0.2) is 0 Å². The smallest absolute Gasteiger partial charge is 0.230 e. The first-order valence-corrected chi connectivity index (χ1v) is 12.2. The van der Waals surface area contributed by atoms with Crippen molar-refractivity contribution in [1.29, 1.82) is 0 Å². The van der Waals surface area contributed by atoms with Crippen molar-refractivity contribution in [3.63, 3.8) is 0 Å². The summed E-state index contributed by atoms with van der Waals surface area (Å²) in [5.74, 6) is 3.89. The first kappa shape index (κ1) is 19.5. The lowest BCUT2D eigenvalue weighted by molar-refractivity contribution is -0.123. The van der Waals surface area contributed by atoms with Crippen molar-refractivity contribution in [3.8, 4) is 0 Å². The van der Waals surface area contributed by atoms with Gasteiger partial charge in [0, 0.05) is 12.6 Å². The Morgan fingerprint density at radius 1 is 1.15 bits per heavy atom. The van der Waals surface area contributed by atoms with Crippen molar-refractivity contribution in [1.82, 2.24) is 15.5 Å². The number of carbonyl (C=O) groups is 1. The maximum absolute atomic E-state index is 12.6. The zero-order chi connectivity index (χ0) is 19.0. The van der Waals surface area contributed by atoms with Gasteiger partial charge >= 0.3 is 0 Å². The number of hydrogen-bond donors (Lipinski definition) is 2. The lowest BCUT2D eigenvalue weighted by Crippen LogP contribution is -2.56. The summed E-state index contributed by atoms with van der Waals surface area (Å²) in [7, 11) is 0. The van der Waals surface area contributed by atoms with Crippen molar-refractivity contribution in [2.45, 2.75) is 69.7 Å². The first-order chi connectivity index (χ1) is 12.9. The zero-order valence-corrected chi connectivity index (χ0v) is 18.3. The summed E-state index contributed by atoms with van der Waals surface area (Å²) in [5, 5.41) is 15.8. The third kappa shape index (κ3) is 4.44. The van der Waals surface area contributed by atoms with Gasteiger partial charge in [0.15, 0.2) is 4.34 Å². The van der Waals surface area contributed by atoms with Gasteiger partial charge in [-0.3, -0.25) is 4.79 Å². The molecule has 4 fully saturated rings. The molecule has 4 bridgehead atoms. The number of amides is 1. The van der Waals surface area contributed by atoms with Crippen LogP contribution in [0.3, 0.4) is 0 Å². The second-order valence-corrected chi connectivity index (χ2v) is 11.7. The second kappa shape index (κ2) is 7.90. The Morgan fingerprint density at radius 3 is 2.37 bits per heavy atom. The molecule has 4 aliphatic carbocycles. The van der Waals surface area contributed by atoms with E-state index in [1.807, 2.05) is 0 Å². The van der Waals surface area contributed by atoms with Gasteiger partial charge in [0.1, 0.15) is 0 Å². The predicted molar refractivity (Wildman–Crippen MR) is 112 cm³/mol. The van der Waals surface area contributed by atoms with E-state index in [4.69, 9.17) is 0 Å². The normalized spacial score (nSPS) is 32.7. The monoisotopic (exact) mass is 408 g/mol. The van der Waals surface area contributed by atoms with Crippen molar-refractivity contribution in [2.75, 3.05) is 17.6 Å². The maximum atomic E-state index is 12.6. The van der Waals surface area contributed by atoms with Crippen LogP contribution >= 0.6 is 23.1 Å². The minimum atomic E-state index is 0.134. The Balaban J connectivity index is 1.26. The van der Waals surface area contributed by atoms with Crippen LogP contribution in [0, 0.1) is 29.1 Å². The van der Waals surface area contributed by atoms with Crippen LogP contribution in [0.5, 0.6) is 0 Å². The summed E-state index contributed by atoms with van der Waals surface area (Å²) in [5.41, 5.74) is 0.367. The minimum absolute atomic E-state index is 0.134. The van der Waals surface area contributed by atoms with E-state index in [9.17, 15) is 4.79 Å². The number of rotatable bonds is 8. The van der Waals surface area contributed by atoms with Gasteiger partial charge in [0.05, 0.1) is 5.75 Å². The molecule has 2 N–H and O–H groups in total. The number of carbonyl (C=O) groups excluding carboxylic acids is 1. The lowest BCUT2D eigenvalue weighted by Gasteiger charge is -2.59. The molecule has 0 aliphatic heterocycles. The van der Waals surface area contributed by atoms with Gasteiger partial charge in [0.2, 0.25) is 11.0 Å². The molecule has 1 heterocycles. The Morgan fingerprint density at radius 2 is 1.78 bits per heavy atom. The highest BCUT2D eigenvalue weighted by Crippen LogP contribution is 2.61. The highest BCUT2D eigenvalue weighted by molar-refractivity contribution is 8.01. The second-order valence-electron chi connectivity index (χ2n) is 9.51. The maximum Gasteiger partial charge on any atom is 0.230 e. The van der Waals surface area contributed by atoms with Gasteiger partial charge < -0.3 is 10.6 Å². The summed E-state index contributed by atoms with van der Waals surface area (Å²) in [4.78, 5) is 12.6. The quantitative estimate of drug-likeness (QED) is 0.623. The molecule has 0 saturated heterocycles. The highest BCUT2D eigenvalue weighted by atomic mass is 32.2. The molecule has 5 rings (SSSR count). The zero-order valence-electron chi connectivity index (χ0n) is 16.7. The van der Waals surface area contributed by atoms with Crippen molar-refractivity contribution < 1.29 is 4.79 Å². The molecule has 0 unspecified atom stereocenters. The number of aromatic nitrogens is 2. The minimum Gasteiger partial charge on any atom is -0.360 e. The molecule has 1 amide bonds. The van der Waals surface area contributed by atoms with Crippen LogP contribution < -0.4 is 10.6 Å². The Kier molecular flexibility index (Phi) is 5.70. The van der Waals surface area contributed by atoms with E-state index in [0.29, 0.717) is 17.1 Å². The fourth-order valence-corrected chi connectivity index (χ4v) is 7.47. The highest BCUT2D eigenvalue weighted by Gasteiger charge is 2.53. The molecule has 150 valence electrons. The SMILES string of the molecule is CC(C)CNc1nnc(SCC(=O)N[C@H](C)C23CC4CC(CC(C4)C2)C3)s1.